The van der Waals surface area contributed by atoms with Crippen molar-refractivity contribution in [2.75, 3.05) is 0 Å². The first kappa shape index (κ1) is 10.4. The minimum Gasteiger partial charge on any atom is -0.243 e. The first-order valence-electron chi connectivity index (χ1n) is 5.12. The third-order valence-electron chi connectivity index (χ3n) is 2.40. The molecule has 2 rings (SSSR count). The molecule has 2 aromatic heterocycles. The molecule has 0 fully saturated rings. The summed E-state index contributed by atoms with van der Waals surface area (Å²) >= 11 is 0. The van der Waals surface area contributed by atoms with E-state index in [1.165, 1.54) is 5.56 Å². The number of pyridine rings is 1. The maximum absolute atomic E-state index is 8.64. The molecule has 2 aromatic rings. The van der Waals surface area contributed by atoms with Crippen molar-refractivity contribution < 1.29 is 0 Å². The summed E-state index contributed by atoms with van der Waals surface area (Å²) < 4.78 is 1.77. The van der Waals surface area contributed by atoms with E-state index in [9.17, 15) is 0 Å². The zero-order valence-corrected chi connectivity index (χ0v) is 9.25. The first-order valence-corrected chi connectivity index (χ1v) is 5.12. The van der Waals surface area contributed by atoms with E-state index in [1.807, 2.05) is 24.5 Å². The lowest BCUT2D eigenvalue weighted by Gasteiger charge is -2.00. The van der Waals surface area contributed by atoms with Gasteiger partial charge >= 0.3 is 0 Å². The number of hydrogen-bond acceptors (Lipinski definition) is 3. The molecule has 0 aliphatic rings. The van der Waals surface area contributed by atoms with E-state index in [-0.39, 0.29) is 0 Å². The van der Waals surface area contributed by atoms with Gasteiger partial charge in [-0.2, -0.15) is 10.4 Å². The average molecular weight is 212 g/mol. The molecule has 0 amide bonds. The molecule has 0 saturated heterocycles. The molecule has 0 spiro atoms. The van der Waals surface area contributed by atoms with Crippen LogP contribution in [0.5, 0.6) is 0 Å². The Morgan fingerprint density at radius 3 is 2.62 bits per heavy atom. The lowest BCUT2D eigenvalue weighted by atomic mass is 10.1. The van der Waals surface area contributed by atoms with Gasteiger partial charge in [-0.15, -0.1) is 0 Å². The van der Waals surface area contributed by atoms with Gasteiger partial charge in [-0.25, -0.2) is 9.67 Å². The Balaban J connectivity index is 2.32. The van der Waals surface area contributed by atoms with Crippen molar-refractivity contribution in [1.82, 2.24) is 14.8 Å². The maximum atomic E-state index is 8.64. The van der Waals surface area contributed by atoms with E-state index in [0.717, 1.165) is 5.69 Å². The average Bonchev–Trinajstić information content (AvgIpc) is 2.78. The van der Waals surface area contributed by atoms with Crippen molar-refractivity contribution in [2.45, 2.75) is 19.8 Å². The van der Waals surface area contributed by atoms with E-state index in [1.54, 1.807) is 16.9 Å². The first-order chi connectivity index (χ1) is 7.70. The standard InChI is InChI=1S/C12H12N4/c1-9(2)10-6-15-16(8-10)12-4-3-11(5-13)14-7-12/h3-4,6-9H,1-2H3. The fraction of sp³-hybridized carbons (Fsp3) is 0.250. The van der Waals surface area contributed by atoms with Crippen LogP contribution in [0, 0.1) is 11.3 Å². The summed E-state index contributed by atoms with van der Waals surface area (Å²) in [6, 6.07) is 5.51. The Labute approximate surface area is 94.2 Å². The Morgan fingerprint density at radius 1 is 1.31 bits per heavy atom. The van der Waals surface area contributed by atoms with E-state index >= 15 is 0 Å². The van der Waals surface area contributed by atoms with E-state index in [4.69, 9.17) is 5.26 Å². The van der Waals surface area contributed by atoms with Crippen LogP contribution in [0.1, 0.15) is 31.0 Å². The fourth-order valence-electron chi connectivity index (χ4n) is 1.36. The molecule has 16 heavy (non-hydrogen) atoms. The number of aromatic nitrogens is 3. The smallest absolute Gasteiger partial charge is 0.140 e. The predicted octanol–water partition coefficient (Wildman–Crippen LogP) is 2.26. The molecule has 0 radical (unpaired) electrons. The Kier molecular flexibility index (Phi) is 2.69. The maximum Gasteiger partial charge on any atom is 0.140 e. The summed E-state index contributed by atoms with van der Waals surface area (Å²) in [5.74, 6) is 0.458. The second-order valence-corrected chi connectivity index (χ2v) is 3.89. The number of hydrogen-bond donors (Lipinski definition) is 0. The Bertz CT molecular complexity index is 517. The normalized spacial score (nSPS) is 10.4. The van der Waals surface area contributed by atoms with Crippen molar-refractivity contribution in [3.8, 4) is 11.8 Å². The fourth-order valence-corrected chi connectivity index (χ4v) is 1.36. The van der Waals surface area contributed by atoms with Crippen LogP contribution in [-0.4, -0.2) is 14.8 Å². The van der Waals surface area contributed by atoms with Crippen LogP contribution in [0.4, 0.5) is 0 Å². The molecular weight excluding hydrogens is 200 g/mol. The molecule has 0 aliphatic carbocycles. The van der Waals surface area contributed by atoms with Gasteiger partial charge in [-0.1, -0.05) is 13.8 Å². The molecule has 2 heterocycles. The SMILES string of the molecule is CC(C)c1cnn(-c2ccc(C#N)nc2)c1. The van der Waals surface area contributed by atoms with E-state index < -0.39 is 0 Å². The lowest BCUT2D eigenvalue weighted by Crippen LogP contribution is -1.95. The van der Waals surface area contributed by atoms with Gasteiger partial charge in [0.25, 0.3) is 0 Å². The molecule has 0 N–H and O–H groups in total. The van der Waals surface area contributed by atoms with Crippen molar-refractivity contribution >= 4 is 0 Å². The number of nitriles is 1. The summed E-state index contributed by atoms with van der Waals surface area (Å²) in [5, 5.41) is 12.9. The molecule has 0 bridgehead atoms. The molecular formula is C12H12N4. The highest BCUT2D eigenvalue weighted by Gasteiger charge is 2.04. The summed E-state index contributed by atoms with van der Waals surface area (Å²) in [7, 11) is 0. The van der Waals surface area contributed by atoms with Gasteiger partial charge < -0.3 is 0 Å². The van der Waals surface area contributed by atoms with Crippen LogP contribution in [-0.2, 0) is 0 Å². The highest BCUT2D eigenvalue weighted by atomic mass is 15.3. The molecule has 4 heteroatoms. The zero-order valence-electron chi connectivity index (χ0n) is 9.25. The van der Waals surface area contributed by atoms with Crippen LogP contribution in [0.3, 0.4) is 0 Å². The summed E-state index contributed by atoms with van der Waals surface area (Å²) in [6.07, 6.45) is 5.48. The van der Waals surface area contributed by atoms with E-state index in [0.29, 0.717) is 11.6 Å². The molecule has 0 aromatic carbocycles. The minimum atomic E-state index is 0.417. The van der Waals surface area contributed by atoms with Crippen molar-refractivity contribution in [1.29, 1.82) is 5.26 Å². The largest absolute Gasteiger partial charge is 0.243 e. The van der Waals surface area contributed by atoms with Gasteiger partial charge in [-0.3, -0.25) is 0 Å². The number of rotatable bonds is 2. The van der Waals surface area contributed by atoms with Crippen LogP contribution < -0.4 is 0 Å². The second-order valence-electron chi connectivity index (χ2n) is 3.89. The molecule has 0 aliphatic heterocycles. The molecule has 0 saturated carbocycles. The quantitative estimate of drug-likeness (QED) is 0.767. The highest BCUT2D eigenvalue weighted by Crippen LogP contribution is 2.15. The van der Waals surface area contributed by atoms with Crippen LogP contribution in [0.2, 0.25) is 0 Å². The zero-order chi connectivity index (χ0) is 11.5. The van der Waals surface area contributed by atoms with Crippen molar-refractivity contribution in [3.63, 3.8) is 0 Å². The molecule has 0 unspecified atom stereocenters. The Hall–Kier alpha value is -2.15. The number of nitrogens with zero attached hydrogens (tertiary/aromatic N) is 4. The highest BCUT2D eigenvalue weighted by molar-refractivity contribution is 5.33. The van der Waals surface area contributed by atoms with Gasteiger partial charge in [0.2, 0.25) is 0 Å². The molecule has 80 valence electrons. The second kappa shape index (κ2) is 4.15. The van der Waals surface area contributed by atoms with Gasteiger partial charge in [0.05, 0.1) is 18.1 Å². The summed E-state index contributed by atoms with van der Waals surface area (Å²) in [6.45, 7) is 4.25. The summed E-state index contributed by atoms with van der Waals surface area (Å²) in [5.41, 5.74) is 2.47. The van der Waals surface area contributed by atoms with Crippen molar-refractivity contribution in [2.24, 2.45) is 0 Å². The van der Waals surface area contributed by atoms with Gasteiger partial charge in [0.1, 0.15) is 11.8 Å². The predicted molar refractivity (Wildman–Crippen MR) is 60.2 cm³/mol. The van der Waals surface area contributed by atoms with Crippen molar-refractivity contribution in [3.05, 3.63) is 42.0 Å². The molecule has 4 nitrogen and oxygen atoms in total. The topological polar surface area (TPSA) is 54.5 Å². The van der Waals surface area contributed by atoms with E-state index in [2.05, 4.69) is 23.9 Å². The van der Waals surface area contributed by atoms with Crippen LogP contribution >= 0.6 is 0 Å². The summed E-state index contributed by atoms with van der Waals surface area (Å²) in [4.78, 5) is 4.01. The monoisotopic (exact) mass is 212 g/mol. The third kappa shape index (κ3) is 1.94. The van der Waals surface area contributed by atoms with Gasteiger partial charge in [-0.05, 0) is 23.6 Å². The lowest BCUT2D eigenvalue weighted by molar-refractivity contribution is 0.855. The van der Waals surface area contributed by atoms with Crippen LogP contribution in [0.25, 0.3) is 5.69 Å². The van der Waals surface area contributed by atoms with Crippen LogP contribution in [0.15, 0.2) is 30.7 Å². The van der Waals surface area contributed by atoms with Gasteiger partial charge in [0, 0.05) is 6.20 Å². The Morgan fingerprint density at radius 2 is 2.12 bits per heavy atom. The third-order valence-corrected chi connectivity index (χ3v) is 2.40. The molecule has 0 atom stereocenters. The van der Waals surface area contributed by atoms with Gasteiger partial charge in [0.15, 0.2) is 0 Å². The minimum absolute atomic E-state index is 0.417.